The van der Waals surface area contributed by atoms with Gasteiger partial charge < -0.3 is 9.47 Å². The van der Waals surface area contributed by atoms with Crippen LogP contribution in [-0.2, 0) is 11.3 Å². The largest absolute Gasteiger partial charge is 0.493 e. The molecule has 0 N–H and O–H groups in total. The zero-order valence-corrected chi connectivity index (χ0v) is 16.0. The number of ether oxygens (including phenoxy) is 2. The first-order valence-corrected chi connectivity index (χ1v) is 9.38. The Morgan fingerprint density at radius 1 is 1.04 bits per heavy atom. The number of hydrogen-bond acceptors (Lipinski definition) is 5. The van der Waals surface area contributed by atoms with Gasteiger partial charge in [0.15, 0.2) is 11.5 Å². The molecule has 6 nitrogen and oxygen atoms in total. The van der Waals surface area contributed by atoms with E-state index in [-0.39, 0.29) is 17.7 Å². The van der Waals surface area contributed by atoms with Gasteiger partial charge in [-0.05, 0) is 43.2 Å². The molecule has 0 bridgehead atoms. The van der Waals surface area contributed by atoms with Gasteiger partial charge in [0.25, 0.3) is 0 Å². The molecule has 28 heavy (non-hydrogen) atoms. The van der Waals surface area contributed by atoms with Crippen LogP contribution >= 0.6 is 0 Å². The summed E-state index contributed by atoms with van der Waals surface area (Å²) in [7, 11) is 3.23. The summed E-state index contributed by atoms with van der Waals surface area (Å²) >= 11 is 0. The third-order valence-electron chi connectivity index (χ3n) is 5.30. The molecule has 0 radical (unpaired) electrons. The van der Waals surface area contributed by atoms with Gasteiger partial charge in [-0.15, -0.1) is 0 Å². The maximum absolute atomic E-state index is 13.1. The highest BCUT2D eigenvalue weighted by molar-refractivity contribution is 6.07. The van der Waals surface area contributed by atoms with Gasteiger partial charge in [0.2, 0.25) is 5.91 Å². The Kier molecular flexibility index (Phi) is 5.10. The molecule has 1 aromatic heterocycles. The molecule has 4 rings (SSSR count). The third kappa shape index (κ3) is 3.38. The average molecular weight is 377 g/mol. The minimum absolute atomic E-state index is 0.0595. The highest BCUT2D eigenvalue weighted by atomic mass is 16.5. The molecular formula is C22H23N3O3. The molecule has 1 amide bonds. The number of nitrogens with zero attached hydrogens (tertiary/aromatic N) is 3. The number of methoxy groups -OCH3 is 2. The average Bonchev–Trinajstić information content (AvgIpc) is 2.76. The Labute approximate surface area is 164 Å². The molecule has 1 aliphatic carbocycles. The maximum atomic E-state index is 13.1. The van der Waals surface area contributed by atoms with Gasteiger partial charge >= 0.3 is 0 Å². The molecule has 1 aliphatic heterocycles. The van der Waals surface area contributed by atoms with Crippen LogP contribution in [0.25, 0.3) is 0 Å². The van der Waals surface area contributed by atoms with E-state index in [0.29, 0.717) is 18.0 Å². The summed E-state index contributed by atoms with van der Waals surface area (Å²) in [4.78, 5) is 17.4. The van der Waals surface area contributed by atoms with Crippen molar-refractivity contribution in [2.24, 2.45) is 16.9 Å². The van der Waals surface area contributed by atoms with Crippen molar-refractivity contribution in [1.82, 2.24) is 9.99 Å². The Hall–Kier alpha value is -3.15. The number of pyridine rings is 1. The number of benzene rings is 1. The van der Waals surface area contributed by atoms with E-state index >= 15 is 0 Å². The lowest BCUT2D eigenvalue weighted by Crippen LogP contribution is -2.45. The van der Waals surface area contributed by atoms with Gasteiger partial charge in [0.1, 0.15) is 0 Å². The predicted molar refractivity (Wildman–Crippen MR) is 106 cm³/mol. The van der Waals surface area contributed by atoms with Crippen LogP contribution in [-0.4, -0.2) is 35.8 Å². The van der Waals surface area contributed by atoms with Crippen molar-refractivity contribution in [3.8, 4) is 11.5 Å². The SMILES string of the molecule is COc1ccc(C2=NN(Cc3ccccn3)C(=O)[C@@H]3CC=CC[C@H]23)cc1OC. The lowest BCUT2D eigenvalue weighted by atomic mass is 9.76. The lowest BCUT2D eigenvalue weighted by Gasteiger charge is -2.36. The molecule has 2 atom stereocenters. The van der Waals surface area contributed by atoms with Crippen molar-refractivity contribution in [2.75, 3.05) is 14.2 Å². The van der Waals surface area contributed by atoms with Crippen molar-refractivity contribution < 1.29 is 14.3 Å². The zero-order chi connectivity index (χ0) is 19.5. The molecule has 2 aliphatic rings. The minimum atomic E-state index is -0.102. The molecule has 0 unspecified atom stereocenters. The number of allylic oxidation sites excluding steroid dienone is 2. The van der Waals surface area contributed by atoms with Gasteiger partial charge in [-0.1, -0.05) is 18.2 Å². The van der Waals surface area contributed by atoms with E-state index in [9.17, 15) is 4.79 Å². The Balaban J connectivity index is 1.74. The van der Waals surface area contributed by atoms with Crippen LogP contribution in [0.1, 0.15) is 24.1 Å². The van der Waals surface area contributed by atoms with Crippen LogP contribution in [0, 0.1) is 11.8 Å². The number of amides is 1. The second kappa shape index (κ2) is 7.84. The fraction of sp³-hybridized carbons (Fsp3) is 0.318. The summed E-state index contributed by atoms with van der Waals surface area (Å²) in [6, 6.07) is 11.5. The van der Waals surface area contributed by atoms with Gasteiger partial charge in [-0.25, -0.2) is 5.01 Å². The Morgan fingerprint density at radius 3 is 2.54 bits per heavy atom. The number of rotatable bonds is 5. The topological polar surface area (TPSA) is 64.0 Å². The first-order valence-electron chi connectivity index (χ1n) is 9.38. The smallest absolute Gasteiger partial charge is 0.247 e. The normalized spacial score (nSPS) is 21.1. The number of aromatic nitrogens is 1. The summed E-state index contributed by atoms with van der Waals surface area (Å²) in [5, 5.41) is 6.34. The molecule has 6 heteroatoms. The molecular weight excluding hydrogens is 354 g/mol. The summed E-state index contributed by atoms with van der Waals surface area (Å²) in [5.41, 5.74) is 2.67. The van der Waals surface area contributed by atoms with Crippen LogP contribution in [0.2, 0.25) is 0 Å². The van der Waals surface area contributed by atoms with Gasteiger partial charge in [0, 0.05) is 17.7 Å². The van der Waals surface area contributed by atoms with E-state index in [1.165, 1.54) is 0 Å². The quantitative estimate of drug-likeness (QED) is 0.749. The third-order valence-corrected chi connectivity index (χ3v) is 5.30. The number of hydrogen-bond donors (Lipinski definition) is 0. The Morgan fingerprint density at radius 2 is 1.82 bits per heavy atom. The number of hydrazone groups is 1. The Bertz CT molecular complexity index is 924. The summed E-state index contributed by atoms with van der Waals surface area (Å²) in [5.74, 6) is 1.34. The van der Waals surface area contributed by atoms with E-state index < -0.39 is 0 Å². The van der Waals surface area contributed by atoms with E-state index in [1.54, 1.807) is 25.4 Å². The number of carbonyl (C=O) groups is 1. The fourth-order valence-corrected chi connectivity index (χ4v) is 3.86. The molecule has 2 heterocycles. The second-order valence-electron chi connectivity index (χ2n) is 6.93. The van der Waals surface area contributed by atoms with Crippen LogP contribution < -0.4 is 9.47 Å². The van der Waals surface area contributed by atoms with Crippen molar-refractivity contribution in [1.29, 1.82) is 0 Å². The van der Waals surface area contributed by atoms with E-state index in [2.05, 4.69) is 17.1 Å². The van der Waals surface area contributed by atoms with Crippen LogP contribution in [0.15, 0.2) is 59.8 Å². The highest BCUT2D eigenvalue weighted by Gasteiger charge is 2.40. The molecule has 144 valence electrons. The van der Waals surface area contributed by atoms with E-state index in [4.69, 9.17) is 14.6 Å². The fourth-order valence-electron chi connectivity index (χ4n) is 3.86. The van der Waals surface area contributed by atoms with Crippen molar-refractivity contribution in [3.05, 3.63) is 66.0 Å². The molecule has 0 fully saturated rings. The summed E-state index contributed by atoms with van der Waals surface area (Å²) < 4.78 is 10.8. The summed E-state index contributed by atoms with van der Waals surface area (Å²) in [6.45, 7) is 0.364. The number of carbonyl (C=O) groups excluding carboxylic acids is 1. The lowest BCUT2D eigenvalue weighted by molar-refractivity contribution is -0.138. The molecule has 0 saturated heterocycles. The second-order valence-corrected chi connectivity index (χ2v) is 6.93. The zero-order valence-electron chi connectivity index (χ0n) is 16.0. The van der Waals surface area contributed by atoms with Crippen LogP contribution in [0.3, 0.4) is 0 Å². The molecule has 1 aromatic carbocycles. The van der Waals surface area contributed by atoms with Gasteiger partial charge in [0.05, 0.1) is 38.1 Å². The monoisotopic (exact) mass is 377 g/mol. The van der Waals surface area contributed by atoms with Crippen LogP contribution in [0.5, 0.6) is 11.5 Å². The van der Waals surface area contributed by atoms with E-state index in [1.807, 2.05) is 36.4 Å². The van der Waals surface area contributed by atoms with Crippen molar-refractivity contribution >= 4 is 11.6 Å². The minimum Gasteiger partial charge on any atom is -0.493 e. The first-order chi connectivity index (χ1) is 13.7. The summed E-state index contributed by atoms with van der Waals surface area (Å²) in [6.07, 6.45) is 7.50. The van der Waals surface area contributed by atoms with Crippen LogP contribution in [0.4, 0.5) is 0 Å². The maximum Gasteiger partial charge on any atom is 0.247 e. The number of fused-ring (bicyclic) bond motifs is 1. The van der Waals surface area contributed by atoms with Gasteiger partial charge in [-0.2, -0.15) is 5.10 Å². The van der Waals surface area contributed by atoms with E-state index in [0.717, 1.165) is 29.8 Å². The highest BCUT2D eigenvalue weighted by Crippen LogP contribution is 2.37. The van der Waals surface area contributed by atoms with Crippen molar-refractivity contribution in [3.63, 3.8) is 0 Å². The van der Waals surface area contributed by atoms with Crippen molar-refractivity contribution in [2.45, 2.75) is 19.4 Å². The standard InChI is InChI=1S/C22H23N3O3/c1-27-19-11-10-15(13-20(19)28-2)21-17-8-3-4-9-18(17)22(26)25(24-21)14-16-7-5-6-12-23-16/h3-7,10-13,17-18H,8-9,14H2,1-2H3/t17-,18+/m0/s1. The molecule has 0 spiro atoms. The molecule has 0 saturated carbocycles. The predicted octanol–water partition coefficient (Wildman–Crippen LogP) is 3.43. The first kappa shape index (κ1) is 18.2. The molecule has 2 aromatic rings. The van der Waals surface area contributed by atoms with Gasteiger partial charge in [-0.3, -0.25) is 9.78 Å².